The van der Waals surface area contributed by atoms with Gasteiger partial charge in [0, 0.05) is 6.04 Å². The SMILES string of the molecule is CCNC(CC(C)C(C)(C)C)c1ccccc1C1CCC1. The van der Waals surface area contributed by atoms with Crippen molar-refractivity contribution in [3.63, 3.8) is 0 Å². The van der Waals surface area contributed by atoms with Crippen LogP contribution >= 0.6 is 0 Å². The second-order valence-corrected chi connectivity index (χ2v) is 7.87. The lowest BCUT2D eigenvalue weighted by Gasteiger charge is -2.34. The van der Waals surface area contributed by atoms with Gasteiger partial charge >= 0.3 is 0 Å². The van der Waals surface area contributed by atoms with Crippen molar-refractivity contribution < 1.29 is 0 Å². The smallest absolute Gasteiger partial charge is 0.0325 e. The topological polar surface area (TPSA) is 12.0 Å². The van der Waals surface area contributed by atoms with Crippen molar-refractivity contribution in [3.05, 3.63) is 35.4 Å². The standard InChI is InChI=1S/C20H33N/c1-6-21-19(14-15(2)20(3,4)5)18-13-8-7-12-17(18)16-10-9-11-16/h7-8,12-13,15-16,19,21H,6,9-11,14H2,1-5H3. The molecule has 21 heavy (non-hydrogen) atoms. The largest absolute Gasteiger partial charge is 0.310 e. The number of rotatable bonds is 6. The van der Waals surface area contributed by atoms with Crippen LogP contribution in [0.3, 0.4) is 0 Å². The van der Waals surface area contributed by atoms with Gasteiger partial charge in [0.25, 0.3) is 0 Å². The maximum atomic E-state index is 3.75. The van der Waals surface area contributed by atoms with Crippen LogP contribution < -0.4 is 5.32 Å². The minimum Gasteiger partial charge on any atom is -0.310 e. The van der Waals surface area contributed by atoms with Crippen LogP contribution in [0.2, 0.25) is 0 Å². The molecule has 1 heteroatoms. The molecule has 1 fully saturated rings. The molecule has 2 atom stereocenters. The predicted molar refractivity (Wildman–Crippen MR) is 92.7 cm³/mol. The van der Waals surface area contributed by atoms with Gasteiger partial charge in [-0.3, -0.25) is 0 Å². The summed E-state index contributed by atoms with van der Waals surface area (Å²) in [5.41, 5.74) is 3.54. The molecule has 1 nitrogen and oxygen atoms in total. The average Bonchev–Trinajstić information content (AvgIpc) is 2.36. The molecule has 0 bridgehead atoms. The molecule has 0 aromatic heterocycles. The molecule has 0 amide bonds. The van der Waals surface area contributed by atoms with Crippen LogP contribution in [0.25, 0.3) is 0 Å². The van der Waals surface area contributed by atoms with E-state index in [0.717, 1.165) is 12.5 Å². The van der Waals surface area contributed by atoms with E-state index in [0.29, 0.717) is 17.4 Å². The minimum atomic E-state index is 0.374. The molecule has 1 saturated carbocycles. The summed E-state index contributed by atoms with van der Waals surface area (Å²) in [6.07, 6.45) is 5.39. The van der Waals surface area contributed by atoms with E-state index in [2.05, 4.69) is 64.2 Å². The van der Waals surface area contributed by atoms with Gasteiger partial charge in [0.15, 0.2) is 0 Å². The summed E-state index contributed by atoms with van der Waals surface area (Å²) in [6.45, 7) is 12.7. The molecule has 118 valence electrons. The lowest BCUT2D eigenvalue weighted by Crippen LogP contribution is -2.29. The second-order valence-electron chi connectivity index (χ2n) is 7.87. The molecule has 1 aliphatic carbocycles. The first-order valence-electron chi connectivity index (χ1n) is 8.75. The number of benzene rings is 1. The maximum absolute atomic E-state index is 3.75. The summed E-state index contributed by atoms with van der Waals surface area (Å²) in [6, 6.07) is 9.65. The van der Waals surface area contributed by atoms with E-state index in [1.54, 1.807) is 11.1 Å². The van der Waals surface area contributed by atoms with Gasteiger partial charge in [-0.15, -0.1) is 0 Å². The van der Waals surface area contributed by atoms with Gasteiger partial charge in [0.05, 0.1) is 0 Å². The van der Waals surface area contributed by atoms with Crippen LogP contribution in [0.5, 0.6) is 0 Å². The van der Waals surface area contributed by atoms with Crippen molar-refractivity contribution in [1.82, 2.24) is 5.32 Å². The van der Waals surface area contributed by atoms with Gasteiger partial charge in [-0.2, -0.15) is 0 Å². The number of hydrogen-bond acceptors (Lipinski definition) is 1. The van der Waals surface area contributed by atoms with Crippen molar-refractivity contribution >= 4 is 0 Å². The highest BCUT2D eigenvalue weighted by molar-refractivity contribution is 5.34. The molecule has 1 aliphatic rings. The Morgan fingerprint density at radius 3 is 2.38 bits per heavy atom. The van der Waals surface area contributed by atoms with E-state index in [9.17, 15) is 0 Å². The van der Waals surface area contributed by atoms with Gasteiger partial charge < -0.3 is 5.32 Å². The highest BCUT2D eigenvalue weighted by Crippen LogP contribution is 2.41. The molecule has 0 radical (unpaired) electrons. The summed E-state index contributed by atoms with van der Waals surface area (Å²) in [5.74, 6) is 1.52. The zero-order valence-electron chi connectivity index (χ0n) is 14.6. The number of hydrogen-bond donors (Lipinski definition) is 1. The molecule has 0 spiro atoms. The Balaban J connectivity index is 2.21. The first kappa shape index (κ1) is 16.5. The Morgan fingerprint density at radius 1 is 1.19 bits per heavy atom. The van der Waals surface area contributed by atoms with Crippen LogP contribution in [-0.2, 0) is 0 Å². The zero-order valence-corrected chi connectivity index (χ0v) is 14.6. The van der Waals surface area contributed by atoms with Crippen LogP contribution in [0.1, 0.15) is 83.4 Å². The predicted octanol–water partition coefficient (Wildman–Crippen LogP) is 5.68. The summed E-state index contributed by atoms with van der Waals surface area (Å²) in [7, 11) is 0. The van der Waals surface area contributed by atoms with Gasteiger partial charge in [-0.05, 0) is 54.2 Å². The Labute approximate surface area is 131 Å². The highest BCUT2D eigenvalue weighted by Gasteiger charge is 2.28. The van der Waals surface area contributed by atoms with E-state index >= 15 is 0 Å². The van der Waals surface area contributed by atoms with Gasteiger partial charge in [0.1, 0.15) is 0 Å². The van der Waals surface area contributed by atoms with Gasteiger partial charge in [0.2, 0.25) is 0 Å². The Morgan fingerprint density at radius 2 is 1.86 bits per heavy atom. The summed E-state index contributed by atoms with van der Waals surface area (Å²) < 4.78 is 0. The third-order valence-electron chi connectivity index (χ3n) is 5.43. The monoisotopic (exact) mass is 287 g/mol. The quantitative estimate of drug-likeness (QED) is 0.710. The Kier molecular flexibility index (Phi) is 5.48. The fraction of sp³-hybridized carbons (Fsp3) is 0.700. The van der Waals surface area contributed by atoms with Crippen LogP contribution in [0.15, 0.2) is 24.3 Å². The van der Waals surface area contributed by atoms with Gasteiger partial charge in [-0.1, -0.05) is 65.3 Å². The normalized spacial score (nSPS) is 19.1. The summed E-state index contributed by atoms with van der Waals surface area (Å²) >= 11 is 0. The summed E-state index contributed by atoms with van der Waals surface area (Å²) in [5, 5.41) is 3.75. The molecule has 0 heterocycles. The van der Waals surface area contributed by atoms with Crippen LogP contribution in [0, 0.1) is 11.3 Å². The highest BCUT2D eigenvalue weighted by atomic mass is 14.9. The maximum Gasteiger partial charge on any atom is 0.0325 e. The fourth-order valence-electron chi connectivity index (χ4n) is 3.19. The zero-order chi connectivity index (χ0) is 15.5. The van der Waals surface area contributed by atoms with E-state index in [4.69, 9.17) is 0 Å². The van der Waals surface area contributed by atoms with Crippen molar-refractivity contribution in [2.45, 2.75) is 72.3 Å². The van der Waals surface area contributed by atoms with Crippen molar-refractivity contribution in [2.75, 3.05) is 6.54 Å². The Hall–Kier alpha value is -0.820. The first-order chi connectivity index (χ1) is 9.93. The third-order valence-corrected chi connectivity index (χ3v) is 5.43. The second kappa shape index (κ2) is 6.96. The number of nitrogens with one attached hydrogen (secondary N) is 1. The molecular formula is C20H33N. The van der Waals surface area contributed by atoms with Crippen molar-refractivity contribution in [1.29, 1.82) is 0 Å². The fourth-order valence-corrected chi connectivity index (χ4v) is 3.19. The van der Waals surface area contributed by atoms with E-state index in [-0.39, 0.29) is 0 Å². The lowest BCUT2D eigenvalue weighted by molar-refractivity contribution is 0.223. The van der Waals surface area contributed by atoms with E-state index in [1.165, 1.54) is 25.7 Å². The van der Waals surface area contributed by atoms with Crippen molar-refractivity contribution in [2.24, 2.45) is 11.3 Å². The van der Waals surface area contributed by atoms with E-state index < -0.39 is 0 Å². The third kappa shape index (κ3) is 4.10. The lowest BCUT2D eigenvalue weighted by atomic mass is 9.74. The molecule has 0 saturated heterocycles. The molecule has 1 aromatic rings. The van der Waals surface area contributed by atoms with Crippen molar-refractivity contribution in [3.8, 4) is 0 Å². The Bertz CT molecular complexity index is 439. The molecule has 2 rings (SSSR count). The van der Waals surface area contributed by atoms with E-state index in [1.807, 2.05) is 0 Å². The summed E-state index contributed by atoms with van der Waals surface area (Å²) in [4.78, 5) is 0. The van der Waals surface area contributed by atoms with Crippen LogP contribution in [0.4, 0.5) is 0 Å². The van der Waals surface area contributed by atoms with Crippen LogP contribution in [-0.4, -0.2) is 6.54 Å². The molecule has 1 aromatic carbocycles. The molecular weight excluding hydrogens is 254 g/mol. The first-order valence-corrected chi connectivity index (χ1v) is 8.75. The van der Waals surface area contributed by atoms with Gasteiger partial charge in [-0.25, -0.2) is 0 Å². The molecule has 2 unspecified atom stereocenters. The average molecular weight is 287 g/mol. The molecule has 0 aliphatic heterocycles. The minimum absolute atomic E-state index is 0.374. The molecule has 1 N–H and O–H groups in total.